The summed E-state index contributed by atoms with van der Waals surface area (Å²) in [6.07, 6.45) is 3.81. The highest BCUT2D eigenvalue weighted by atomic mass is 19.1. The third-order valence-electron chi connectivity index (χ3n) is 4.24. The highest BCUT2D eigenvalue weighted by Crippen LogP contribution is 2.23. The molecule has 24 heavy (non-hydrogen) atoms. The average Bonchev–Trinajstić information content (AvgIpc) is 3.18. The molecule has 0 aliphatic rings. The molecule has 0 spiro atoms. The Kier molecular flexibility index (Phi) is 3.54. The number of aromatic amines is 1. The quantitative estimate of drug-likeness (QED) is 0.588. The zero-order valence-electron chi connectivity index (χ0n) is 13.3. The minimum atomic E-state index is -0.237. The first-order chi connectivity index (χ1) is 11.7. The minimum absolute atomic E-state index is 0.237. The second-order valence-electron chi connectivity index (χ2n) is 5.75. The Labute approximate surface area is 139 Å². The van der Waals surface area contributed by atoms with E-state index in [0.29, 0.717) is 6.54 Å². The van der Waals surface area contributed by atoms with Crippen LogP contribution in [0.25, 0.3) is 22.2 Å². The van der Waals surface area contributed by atoms with Crippen LogP contribution in [-0.2, 0) is 13.6 Å². The lowest BCUT2D eigenvalue weighted by Crippen LogP contribution is -2.05. The van der Waals surface area contributed by atoms with Crippen LogP contribution in [0.1, 0.15) is 5.56 Å². The molecule has 2 aromatic carbocycles. The van der Waals surface area contributed by atoms with Gasteiger partial charge in [-0.1, -0.05) is 18.2 Å². The van der Waals surface area contributed by atoms with E-state index in [9.17, 15) is 4.39 Å². The van der Waals surface area contributed by atoms with E-state index in [-0.39, 0.29) is 5.82 Å². The van der Waals surface area contributed by atoms with E-state index >= 15 is 0 Å². The Bertz CT molecular complexity index is 982. The molecule has 4 rings (SSSR count). The van der Waals surface area contributed by atoms with Crippen molar-refractivity contribution in [2.24, 2.45) is 7.05 Å². The van der Waals surface area contributed by atoms with Gasteiger partial charge in [0.25, 0.3) is 0 Å². The predicted molar refractivity (Wildman–Crippen MR) is 94.2 cm³/mol. The molecular weight excluding hydrogens is 303 g/mol. The highest BCUT2D eigenvalue weighted by Gasteiger charge is 2.09. The molecule has 120 valence electrons. The van der Waals surface area contributed by atoms with E-state index in [0.717, 1.165) is 22.7 Å². The summed E-state index contributed by atoms with van der Waals surface area (Å²) < 4.78 is 15.1. The summed E-state index contributed by atoms with van der Waals surface area (Å²) in [5.41, 5.74) is 4.20. The molecule has 0 bridgehead atoms. The van der Waals surface area contributed by atoms with Gasteiger partial charge in [-0.05, 0) is 35.9 Å². The second-order valence-corrected chi connectivity index (χ2v) is 5.75. The van der Waals surface area contributed by atoms with Crippen LogP contribution in [-0.4, -0.2) is 14.5 Å². The number of nitrogens with zero attached hydrogens (tertiary/aromatic N) is 2. The normalized spacial score (nSPS) is 11.1. The number of nitrogens with one attached hydrogen (secondary N) is 2. The van der Waals surface area contributed by atoms with Crippen molar-refractivity contribution in [2.75, 3.05) is 5.32 Å². The van der Waals surface area contributed by atoms with Gasteiger partial charge in [0.1, 0.15) is 5.82 Å². The largest absolute Gasteiger partial charge is 0.361 e. The van der Waals surface area contributed by atoms with Gasteiger partial charge in [-0.2, -0.15) is 0 Å². The average molecular weight is 320 g/mol. The Balaban J connectivity index is 1.56. The van der Waals surface area contributed by atoms with E-state index in [1.807, 2.05) is 29.9 Å². The van der Waals surface area contributed by atoms with Crippen LogP contribution in [0.5, 0.6) is 0 Å². The number of aromatic nitrogens is 3. The topological polar surface area (TPSA) is 45.6 Å². The number of para-hydroxylation sites is 1. The van der Waals surface area contributed by atoms with Crippen molar-refractivity contribution < 1.29 is 4.39 Å². The number of hydrogen-bond donors (Lipinski definition) is 2. The first-order valence-corrected chi connectivity index (χ1v) is 7.79. The molecule has 0 atom stereocenters. The van der Waals surface area contributed by atoms with Crippen LogP contribution in [0.15, 0.2) is 60.9 Å². The Morgan fingerprint density at radius 3 is 2.75 bits per heavy atom. The molecule has 0 saturated heterocycles. The van der Waals surface area contributed by atoms with Gasteiger partial charge in [0, 0.05) is 36.3 Å². The van der Waals surface area contributed by atoms with E-state index < -0.39 is 0 Å². The standard InChI is InChI=1S/C19H17FN4/c1-24-18(13-6-8-15(20)9-7-13)12-23-19(24)22-11-14-10-21-17-5-3-2-4-16(14)17/h2-10,12,21H,11H2,1H3,(H,22,23). The van der Waals surface area contributed by atoms with Crippen LogP contribution in [0.3, 0.4) is 0 Å². The Morgan fingerprint density at radius 1 is 1.12 bits per heavy atom. The van der Waals surface area contributed by atoms with Crippen LogP contribution in [0.4, 0.5) is 10.3 Å². The number of H-pyrrole nitrogens is 1. The van der Waals surface area contributed by atoms with Crippen molar-refractivity contribution in [3.8, 4) is 11.3 Å². The minimum Gasteiger partial charge on any atom is -0.361 e. The summed E-state index contributed by atoms with van der Waals surface area (Å²) in [6.45, 7) is 0.678. The molecule has 2 N–H and O–H groups in total. The summed E-state index contributed by atoms with van der Waals surface area (Å²) in [7, 11) is 1.95. The maximum absolute atomic E-state index is 13.1. The SMILES string of the molecule is Cn1c(-c2ccc(F)cc2)cnc1NCc1c[nH]c2ccccc12. The highest BCUT2D eigenvalue weighted by molar-refractivity contribution is 5.83. The molecule has 0 amide bonds. The number of benzene rings is 2. The van der Waals surface area contributed by atoms with Gasteiger partial charge in [-0.15, -0.1) is 0 Å². The number of imidazole rings is 1. The second kappa shape index (κ2) is 5.85. The summed E-state index contributed by atoms with van der Waals surface area (Å²) in [5.74, 6) is 0.540. The van der Waals surface area contributed by atoms with Crippen LogP contribution in [0.2, 0.25) is 0 Å². The zero-order chi connectivity index (χ0) is 16.5. The number of halogens is 1. The van der Waals surface area contributed by atoms with Gasteiger partial charge in [0.2, 0.25) is 5.95 Å². The van der Waals surface area contributed by atoms with E-state index in [1.165, 1.54) is 23.1 Å². The molecular formula is C19H17FN4. The summed E-state index contributed by atoms with van der Waals surface area (Å²) in [6, 6.07) is 14.7. The van der Waals surface area contributed by atoms with Gasteiger partial charge in [-0.25, -0.2) is 9.37 Å². The zero-order valence-corrected chi connectivity index (χ0v) is 13.3. The first-order valence-electron chi connectivity index (χ1n) is 7.79. The maximum atomic E-state index is 13.1. The molecule has 0 aliphatic heterocycles. The molecule has 0 fully saturated rings. The molecule has 2 heterocycles. The molecule has 4 nitrogen and oxygen atoms in total. The van der Waals surface area contributed by atoms with Crippen molar-refractivity contribution in [1.82, 2.24) is 14.5 Å². The van der Waals surface area contributed by atoms with Crippen LogP contribution in [0, 0.1) is 5.82 Å². The van der Waals surface area contributed by atoms with Gasteiger partial charge in [0.05, 0.1) is 11.9 Å². The summed E-state index contributed by atoms with van der Waals surface area (Å²) in [4.78, 5) is 7.71. The monoisotopic (exact) mass is 320 g/mol. The predicted octanol–water partition coefficient (Wildman–Crippen LogP) is 4.32. The Morgan fingerprint density at radius 2 is 1.92 bits per heavy atom. The number of hydrogen-bond acceptors (Lipinski definition) is 2. The van der Waals surface area contributed by atoms with Gasteiger partial charge in [-0.3, -0.25) is 0 Å². The Hall–Kier alpha value is -3.08. The lowest BCUT2D eigenvalue weighted by Gasteiger charge is -2.08. The molecule has 0 radical (unpaired) electrons. The molecule has 4 aromatic rings. The maximum Gasteiger partial charge on any atom is 0.203 e. The van der Waals surface area contributed by atoms with Gasteiger partial charge < -0.3 is 14.9 Å². The van der Waals surface area contributed by atoms with Crippen LogP contribution >= 0.6 is 0 Å². The van der Waals surface area contributed by atoms with Crippen molar-refractivity contribution in [2.45, 2.75) is 6.54 Å². The summed E-state index contributed by atoms with van der Waals surface area (Å²) >= 11 is 0. The third-order valence-corrected chi connectivity index (χ3v) is 4.24. The van der Waals surface area contributed by atoms with Crippen molar-refractivity contribution in [3.05, 3.63) is 72.3 Å². The summed E-state index contributed by atoms with van der Waals surface area (Å²) in [5, 5.41) is 4.57. The van der Waals surface area contributed by atoms with E-state index in [4.69, 9.17) is 0 Å². The van der Waals surface area contributed by atoms with E-state index in [2.05, 4.69) is 27.4 Å². The smallest absolute Gasteiger partial charge is 0.203 e. The number of rotatable bonds is 4. The fourth-order valence-corrected chi connectivity index (χ4v) is 2.91. The molecule has 0 saturated carbocycles. The third kappa shape index (κ3) is 2.54. The molecule has 5 heteroatoms. The first kappa shape index (κ1) is 14.5. The van der Waals surface area contributed by atoms with Crippen molar-refractivity contribution in [1.29, 1.82) is 0 Å². The molecule has 2 aromatic heterocycles. The lowest BCUT2D eigenvalue weighted by atomic mass is 10.1. The van der Waals surface area contributed by atoms with Crippen molar-refractivity contribution in [3.63, 3.8) is 0 Å². The van der Waals surface area contributed by atoms with Crippen molar-refractivity contribution >= 4 is 16.9 Å². The van der Waals surface area contributed by atoms with Gasteiger partial charge >= 0.3 is 0 Å². The van der Waals surface area contributed by atoms with Crippen LogP contribution < -0.4 is 5.32 Å². The fraction of sp³-hybridized carbons (Fsp3) is 0.105. The number of anilines is 1. The lowest BCUT2D eigenvalue weighted by molar-refractivity contribution is 0.628. The number of fused-ring (bicyclic) bond motifs is 1. The van der Waals surface area contributed by atoms with E-state index in [1.54, 1.807) is 18.3 Å². The van der Waals surface area contributed by atoms with Gasteiger partial charge in [0.15, 0.2) is 0 Å². The molecule has 0 aliphatic carbocycles. The fourth-order valence-electron chi connectivity index (χ4n) is 2.91. The molecule has 0 unspecified atom stereocenters.